The van der Waals surface area contributed by atoms with Gasteiger partial charge in [0.25, 0.3) is 5.56 Å². The third-order valence-corrected chi connectivity index (χ3v) is 2.95. The molecular formula is C15H16N2O5. The Kier molecular flexibility index (Phi) is 4.77. The summed E-state index contributed by atoms with van der Waals surface area (Å²) < 4.78 is 6.56. The Balaban J connectivity index is 2.49. The van der Waals surface area contributed by atoms with Gasteiger partial charge < -0.3 is 14.9 Å². The van der Waals surface area contributed by atoms with E-state index in [1.54, 1.807) is 24.3 Å². The maximum atomic E-state index is 12.1. The molecule has 0 aliphatic heterocycles. The van der Waals surface area contributed by atoms with E-state index in [0.29, 0.717) is 18.0 Å². The lowest BCUT2D eigenvalue weighted by molar-refractivity contribution is -0.136. The summed E-state index contributed by atoms with van der Waals surface area (Å²) in [5, 5.41) is 22.5. The number of carboxylic acid groups (broad SMARTS) is 1. The average Bonchev–Trinajstić information content (AvgIpc) is 2.47. The van der Waals surface area contributed by atoms with Crippen LogP contribution in [0.3, 0.4) is 0 Å². The van der Waals surface area contributed by atoms with Gasteiger partial charge in [-0.2, -0.15) is 9.78 Å². The molecule has 0 spiro atoms. The first-order valence-electron chi connectivity index (χ1n) is 6.79. The number of carboxylic acids is 1. The fourth-order valence-electron chi connectivity index (χ4n) is 1.97. The largest absolute Gasteiger partial charge is 0.506 e. The molecule has 0 amide bonds. The van der Waals surface area contributed by atoms with Gasteiger partial charge in [-0.3, -0.25) is 9.59 Å². The Morgan fingerprint density at radius 3 is 2.77 bits per heavy atom. The highest BCUT2D eigenvalue weighted by Gasteiger charge is 2.13. The molecule has 1 heterocycles. The highest BCUT2D eigenvalue weighted by Crippen LogP contribution is 2.22. The second-order valence-corrected chi connectivity index (χ2v) is 4.52. The van der Waals surface area contributed by atoms with Crippen LogP contribution in [0.25, 0.3) is 5.69 Å². The van der Waals surface area contributed by atoms with E-state index in [0.717, 1.165) is 10.7 Å². The Morgan fingerprint density at radius 1 is 1.36 bits per heavy atom. The number of ether oxygens (including phenoxy) is 1. The number of aromatic nitrogens is 2. The minimum atomic E-state index is -1.01. The van der Waals surface area contributed by atoms with Crippen LogP contribution in [0.5, 0.6) is 11.5 Å². The first-order valence-corrected chi connectivity index (χ1v) is 6.79. The summed E-state index contributed by atoms with van der Waals surface area (Å²) in [6, 6.07) is 7.89. The minimum absolute atomic E-state index is 0.0260. The molecule has 0 fully saturated rings. The summed E-state index contributed by atoms with van der Waals surface area (Å²) in [6.45, 7) is 2.25. The van der Waals surface area contributed by atoms with E-state index in [9.17, 15) is 14.7 Å². The normalized spacial score (nSPS) is 10.4. The molecule has 0 atom stereocenters. The predicted octanol–water partition coefficient (Wildman–Crippen LogP) is 1.35. The van der Waals surface area contributed by atoms with Gasteiger partial charge in [0, 0.05) is 12.5 Å². The molecule has 116 valence electrons. The molecule has 7 nitrogen and oxygen atoms in total. The molecule has 0 aliphatic carbocycles. The van der Waals surface area contributed by atoms with Crippen molar-refractivity contribution < 1.29 is 19.7 Å². The van der Waals surface area contributed by atoms with E-state index in [-0.39, 0.29) is 24.3 Å². The van der Waals surface area contributed by atoms with Gasteiger partial charge in [0.05, 0.1) is 13.0 Å². The van der Waals surface area contributed by atoms with Crippen LogP contribution in [-0.2, 0) is 11.2 Å². The van der Waals surface area contributed by atoms with Crippen LogP contribution >= 0.6 is 0 Å². The van der Waals surface area contributed by atoms with Crippen molar-refractivity contribution in [1.82, 2.24) is 9.78 Å². The maximum Gasteiger partial charge on any atom is 0.303 e. The van der Waals surface area contributed by atoms with E-state index in [4.69, 9.17) is 9.84 Å². The van der Waals surface area contributed by atoms with Gasteiger partial charge in [0.2, 0.25) is 0 Å². The first-order chi connectivity index (χ1) is 10.5. The SMILES string of the molecule is CCOc1ccccc1-n1nc(CCC(=O)O)c(O)cc1=O. The van der Waals surface area contributed by atoms with Crippen LogP contribution in [0.2, 0.25) is 0 Å². The zero-order valence-corrected chi connectivity index (χ0v) is 12.0. The van der Waals surface area contributed by atoms with Gasteiger partial charge in [-0.1, -0.05) is 12.1 Å². The van der Waals surface area contributed by atoms with E-state index in [2.05, 4.69) is 5.10 Å². The Hall–Kier alpha value is -2.83. The third kappa shape index (κ3) is 3.43. The molecule has 0 saturated carbocycles. The van der Waals surface area contributed by atoms with Crippen LogP contribution < -0.4 is 10.3 Å². The number of hydrogen-bond donors (Lipinski definition) is 2. The van der Waals surface area contributed by atoms with E-state index in [1.807, 2.05) is 6.92 Å². The zero-order valence-electron chi connectivity index (χ0n) is 12.0. The molecule has 1 aromatic carbocycles. The van der Waals surface area contributed by atoms with Crippen molar-refractivity contribution in [2.24, 2.45) is 0 Å². The van der Waals surface area contributed by atoms with Crippen molar-refractivity contribution in [1.29, 1.82) is 0 Å². The summed E-state index contributed by atoms with van der Waals surface area (Å²) in [5.74, 6) is -0.834. The molecule has 0 saturated heterocycles. The van der Waals surface area contributed by atoms with Gasteiger partial charge in [-0.05, 0) is 19.1 Å². The highest BCUT2D eigenvalue weighted by atomic mass is 16.5. The molecule has 0 aliphatic rings. The number of rotatable bonds is 6. The third-order valence-electron chi connectivity index (χ3n) is 2.95. The van der Waals surface area contributed by atoms with E-state index < -0.39 is 11.5 Å². The number of aliphatic carboxylic acids is 1. The smallest absolute Gasteiger partial charge is 0.303 e. The molecule has 1 aromatic heterocycles. The number of para-hydroxylation sites is 2. The Bertz CT molecular complexity index is 739. The number of nitrogens with zero attached hydrogens (tertiary/aromatic N) is 2. The molecule has 0 radical (unpaired) electrons. The van der Waals surface area contributed by atoms with Crippen LogP contribution in [0.15, 0.2) is 35.1 Å². The molecule has 7 heteroatoms. The summed E-state index contributed by atoms with van der Waals surface area (Å²) in [4.78, 5) is 22.7. The fraction of sp³-hybridized carbons (Fsp3) is 0.267. The van der Waals surface area contributed by atoms with Gasteiger partial charge in [0.1, 0.15) is 22.9 Å². The van der Waals surface area contributed by atoms with Gasteiger partial charge in [0.15, 0.2) is 0 Å². The van der Waals surface area contributed by atoms with Crippen molar-refractivity contribution in [3.63, 3.8) is 0 Å². The number of carbonyl (C=O) groups is 1. The molecule has 0 unspecified atom stereocenters. The summed E-state index contributed by atoms with van der Waals surface area (Å²) in [6.07, 6.45) is -0.163. The lowest BCUT2D eigenvalue weighted by atomic mass is 10.2. The van der Waals surface area contributed by atoms with Gasteiger partial charge >= 0.3 is 5.97 Å². The standard InChI is InChI=1S/C15H16N2O5/c1-2-22-13-6-4-3-5-11(13)17-14(19)9-12(18)10(16-17)7-8-15(20)21/h3-6,9,18H,2,7-8H2,1H3,(H,20,21). The zero-order chi connectivity index (χ0) is 16.1. The number of aromatic hydroxyl groups is 1. The molecule has 2 rings (SSSR count). The minimum Gasteiger partial charge on any atom is -0.506 e. The second kappa shape index (κ2) is 6.75. The maximum absolute atomic E-state index is 12.1. The average molecular weight is 304 g/mol. The monoisotopic (exact) mass is 304 g/mol. The van der Waals surface area contributed by atoms with Crippen molar-refractivity contribution in [2.45, 2.75) is 19.8 Å². The molecule has 2 aromatic rings. The molecule has 0 bridgehead atoms. The second-order valence-electron chi connectivity index (χ2n) is 4.52. The van der Waals surface area contributed by atoms with Crippen LogP contribution in [0.1, 0.15) is 19.0 Å². The number of hydrogen-bond acceptors (Lipinski definition) is 5. The number of aryl methyl sites for hydroxylation is 1. The van der Waals surface area contributed by atoms with Crippen LogP contribution in [0, 0.1) is 0 Å². The van der Waals surface area contributed by atoms with Crippen LogP contribution in [0.4, 0.5) is 0 Å². The van der Waals surface area contributed by atoms with Crippen LogP contribution in [-0.4, -0.2) is 32.6 Å². The highest BCUT2D eigenvalue weighted by molar-refractivity contribution is 5.67. The lowest BCUT2D eigenvalue weighted by Crippen LogP contribution is -2.22. The van der Waals surface area contributed by atoms with E-state index >= 15 is 0 Å². The first kappa shape index (κ1) is 15.6. The summed E-state index contributed by atoms with van der Waals surface area (Å²) in [5.41, 5.74) is 0.0583. The number of benzene rings is 1. The lowest BCUT2D eigenvalue weighted by Gasteiger charge is -2.12. The fourth-order valence-corrected chi connectivity index (χ4v) is 1.97. The quantitative estimate of drug-likeness (QED) is 0.835. The Morgan fingerprint density at radius 2 is 2.09 bits per heavy atom. The molecule has 2 N–H and O–H groups in total. The van der Waals surface area contributed by atoms with E-state index in [1.165, 1.54) is 0 Å². The van der Waals surface area contributed by atoms with Crippen molar-refractivity contribution in [3.05, 3.63) is 46.4 Å². The molecule has 22 heavy (non-hydrogen) atoms. The van der Waals surface area contributed by atoms with Gasteiger partial charge in [-0.25, -0.2) is 0 Å². The van der Waals surface area contributed by atoms with Crippen molar-refractivity contribution >= 4 is 5.97 Å². The topological polar surface area (TPSA) is 102 Å². The van der Waals surface area contributed by atoms with Gasteiger partial charge in [-0.15, -0.1) is 0 Å². The predicted molar refractivity (Wildman–Crippen MR) is 78.6 cm³/mol. The summed E-state index contributed by atoms with van der Waals surface area (Å²) >= 11 is 0. The molecular weight excluding hydrogens is 288 g/mol. The summed E-state index contributed by atoms with van der Waals surface area (Å²) in [7, 11) is 0. The van der Waals surface area contributed by atoms with Crippen molar-refractivity contribution in [3.8, 4) is 17.2 Å². The Labute approximate surface area is 126 Å². The van der Waals surface area contributed by atoms with Crippen molar-refractivity contribution in [2.75, 3.05) is 6.61 Å².